The standard InChI is InChI=1S/C23H21N5O3/c1-30-19-9-8-16(14-20(19)31-2)15-25-23(29)21-22(17-10-12-24-13-11-17)28(27-26-21)18-6-4-3-5-7-18/h3-14H,15H2,1-2H3,(H,25,29). The largest absolute Gasteiger partial charge is 0.493 e. The van der Waals surface area contributed by atoms with Crippen molar-refractivity contribution in [3.05, 3.63) is 84.3 Å². The van der Waals surface area contributed by atoms with Crippen molar-refractivity contribution in [1.29, 1.82) is 0 Å². The number of nitrogens with one attached hydrogen (secondary N) is 1. The molecule has 0 atom stereocenters. The van der Waals surface area contributed by atoms with Crippen LogP contribution in [-0.2, 0) is 6.54 Å². The van der Waals surface area contributed by atoms with Gasteiger partial charge in [0.25, 0.3) is 5.91 Å². The first-order valence-electron chi connectivity index (χ1n) is 9.62. The number of pyridine rings is 1. The lowest BCUT2D eigenvalue weighted by atomic mass is 10.1. The Hall–Kier alpha value is -4.20. The highest BCUT2D eigenvalue weighted by molar-refractivity contribution is 5.98. The van der Waals surface area contributed by atoms with E-state index in [9.17, 15) is 4.79 Å². The predicted molar refractivity (Wildman–Crippen MR) is 115 cm³/mol. The van der Waals surface area contributed by atoms with Gasteiger partial charge in [-0.05, 0) is 42.0 Å². The molecule has 0 saturated carbocycles. The van der Waals surface area contributed by atoms with Crippen molar-refractivity contribution in [3.8, 4) is 28.4 Å². The minimum Gasteiger partial charge on any atom is -0.493 e. The van der Waals surface area contributed by atoms with E-state index in [4.69, 9.17) is 9.47 Å². The van der Waals surface area contributed by atoms with Gasteiger partial charge in [0.1, 0.15) is 5.69 Å². The molecule has 1 N–H and O–H groups in total. The van der Waals surface area contributed by atoms with E-state index in [1.54, 1.807) is 37.4 Å². The average molecular weight is 415 g/mol. The van der Waals surface area contributed by atoms with E-state index in [-0.39, 0.29) is 11.6 Å². The molecule has 4 aromatic rings. The highest BCUT2D eigenvalue weighted by Crippen LogP contribution is 2.28. The van der Waals surface area contributed by atoms with Crippen LogP contribution in [0.1, 0.15) is 16.1 Å². The first-order chi connectivity index (χ1) is 15.2. The molecular formula is C23H21N5O3. The molecule has 0 aliphatic carbocycles. The van der Waals surface area contributed by atoms with Gasteiger partial charge in [0, 0.05) is 24.5 Å². The molecule has 8 nitrogen and oxygen atoms in total. The van der Waals surface area contributed by atoms with Gasteiger partial charge >= 0.3 is 0 Å². The smallest absolute Gasteiger partial charge is 0.274 e. The number of carbonyl (C=O) groups is 1. The van der Waals surface area contributed by atoms with Gasteiger partial charge in [-0.25, -0.2) is 4.68 Å². The van der Waals surface area contributed by atoms with Crippen molar-refractivity contribution in [1.82, 2.24) is 25.3 Å². The van der Waals surface area contributed by atoms with E-state index >= 15 is 0 Å². The lowest BCUT2D eigenvalue weighted by molar-refractivity contribution is 0.0946. The predicted octanol–water partition coefficient (Wildman–Crippen LogP) is 3.28. The summed E-state index contributed by atoms with van der Waals surface area (Å²) in [5, 5.41) is 11.3. The molecule has 4 rings (SSSR count). The van der Waals surface area contributed by atoms with Gasteiger partial charge in [-0.3, -0.25) is 9.78 Å². The highest BCUT2D eigenvalue weighted by Gasteiger charge is 2.22. The molecular weight excluding hydrogens is 394 g/mol. The van der Waals surface area contributed by atoms with E-state index in [2.05, 4.69) is 20.6 Å². The summed E-state index contributed by atoms with van der Waals surface area (Å²) in [6, 6.07) is 18.7. The molecule has 2 aromatic heterocycles. The molecule has 0 aliphatic heterocycles. The maximum Gasteiger partial charge on any atom is 0.274 e. The zero-order chi connectivity index (χ0) is 21.6. The number of carbonyl (C=O) groups excluding carboxylic acids is 1. The van der Waals surface area contributed by atoms with E-state index in [1.807, 2.05) is 54.6 Å². The van der Waals surface area contributed by atoms with Crippen LogP contribution in [0, 0.1) is 0 Å². The maximum absolute atomic E-state index is 13.0. The van der Waals surface area contributed by atoms with Crippen LogP contribution in [0.5, 0.6) is 11.5 Å². The number of amides is 1. The van der Waals surface area contributed by atoms with Crippen LogP contribution in [0.4, 0.5) is 0 Å². The molecule has 0 saturated heterocycles. The number of hydrogen-bond acceptors (Lipinski definition) is 6. The number of rotatable bonds is 7. The number of ether oxygens (including phenoxy) is 2. The summed E-state index contributed by atoms with van der Waals surface area (Å²) >= 11 is 0. The summed E-state index contributed by atoms with van der Waals surface area (Å²) in [5.74, 6) is 0.897. The molecule has 1 amide bonds. The average Bonchev–Trinajstić information content (AvgIpc) is 3.28. The van der Waals surface area contributed by atoms with Crippen molar-refractivity contribution in [2.45, 2.75) is 6.54 Å². The Morgan fingerprint density at radius 2 is 1.71 bits per heavy atom. The second-order valence-electron chi connectivity index (χ2n) is 6.64. The van der Waals surface area contributed by atoms with Crippen LogP contribution in [0.2, 0.25) is 0 Å². The third-order valence-corrected chi connectivity index (χ3v) is 4.74. The Kier molecular flexibility index (Phi) is 5.89. The maximum atomic E-state index is 13.0. The van der Waals surface area contributed by atoms with Crippen molar-refractivity contribution in [2.75, 3.05) is 14.2 Å². The molecule has 0 bridgehead atoms. The Morgan fingerprint density at radius 1 is 0.968 bits per heavy atom. The van der Waals surface area contributed by atoms with Crippen LogP contribution in [0.3, 0.4) is 0 Å². The molecule has 0 fully saturated rings. The van der Waals surface area contributed by atoms with Gasteiger partial charge in [-0.1, -0.05) is 29.5 Å². The minimum atomic E-state index is -0.330. The van der Waals surface area contributed by atoms with Crippen molar-refractivity contribution >= 4 is 5.91 Å². The Morgan fingerprint density at radius 3 is 2.42 bits per heavy atom. The molecule has 2 heterocycles. The van der Waals surface area contributed by atoms with Crippen LogP contribution in [-0.4, -0.2) is 40.1 Å². The van der Waals surface area contributed by atoms with Crippen molar-refractivity contribution in [3.63, 3.8) is 0 Å². The fraction of sp³-hybridized carbons (Fsp3) is 0.130. The molecule has 0 spiro atoms. The SMILES string of the molecule is COc1ccc(CNC(=O)c2nnn(-c3ccccc3)c2-c2ccncc2)cc1OC. The van der Waals surface area contributed by atoms with Crippen LogP contribution < -0.4 is 14.8 Å². The third kappa shape index (κ3) is 4.23. The van der Waals surface area contributed by atoms with Gasteiger partial charge < -0.3 is 14.8 Å². The number of para-hydroxylation sites is 1. The Labute approximate surface area is 179 Å². The third-order valence-electron chi connectivity index (χ3n) is 4.74. The number of hydrogen-bond donors (Lipinski definition) is 1. The lowest BCUT2D eigenvalue weighted by Gasteiger charge is -2.11. The fourth-order valence-corrected chi connectivity index (χ4v) is 3.21. The first kappa shape index (κ1) is 20.1. The summed E-state index contributed by atoms with van der Waals surface area (Å²) < 4.78 is 12.2. The molecule has 8 heteroatoms. The summed E-state index contributed by atoms with van der Waals surface area (Å²) in [6.45, 7) is 0.299. The number of nitrogens with zero attached hydrogens (tertiary/aromatic N) is 4. The van der Waals surface area contributed by atoms with E-state index in [0.29, 0.717) is 23.7 Å². The number of methoxy groups -OCH3 is 2. The highest BCUT2D eigenvalue weighted by atomic mass is 16.5. The van der Waals surface area contributed by atoms with Gasteiger partial charge in [0.05, 0.1) is 19.9 Å². The van der Waals surface area contributed by atoms with Crippen LogP contribution in [0.25, 0.3) is 16.9 Å². The van der Waals surface area contributed by atoms with Crippen LogP contribution in [0.15, 0.2) is 73.1 Å². The zero-order valence-corrected chi connectivity index (χ0v) is 17.1. The van der Waals surface area contributed by atoms with E-state index in [0.717, 1.165) is 16.8 Å². The van der Waals surface area contributed by atoms with E-state index < -0.39 is 0 Å². The number of benzene rings is 2. The summed E-state index contributed by atoms with van der Waals surface area (Å²) in [6.07, 6.45) is 3.34. The second kappa shape index (κ2) is 9.08. The quantitative estimate of drug-likeness (QED) is 0.498. The minimum absolute atomic E-state index is 0.232. The molecule has 0 radical (unpaired) electrons. The van der Waals surface area contributed by atoms with Gasteiger partial charge in [0.15, 0.2) is 17.2 Å². The normalized spacial score (nSPS) is 10.5. The second-order valence-corrected chi connectivity index (χ2v) is 6.64. The summed E-state index contributed by atoms with van der Waals surface area (Å²) in [5.41, 5.74) is 3.29. The summed E-state index contributed by atoms with van der Waals surface area (Å²) in [4.78, 5) is 17.1. The zero-order valence-electron chi connectivity index (χ0n) is 17.1. The molecule has 0 aliphatic rings. The Bertz CT molecular complexity index is 1180. The van der Waals surface area contributed by atoms with Gasteiger partial charge in [0.2, 0.25) is 0 Å². The van der Waals surface area contributed by atoms with Crippen molar-refractivity contribution in [2.24, 2.45) is 0 Å². The first-order valence-corrected chi connectivity index (χ1v) is 9.62. The molecule has 2 aromatic carbocycles. The van der Waals surface area contributed by atoms with Crippen LogP contribution >= 0.6 is 0 Å². The van der Waals surface area contributed by atoms with Gasteiger partial charge in [-0.15, -0.1) is 5.10 Å². The van der Waals surface area contributed by atoms with Crippen molar-refractivity contribution < 1.29 is 14.3 Å². The molecule has 31 heavy (non-hydrogen) atoms. The number of aromatic nitrogens is 4. The fourth-order valence-electron chi connectivity index (χ4n) is 3.21. The van der Waals surface area contributed by atoms with Gasteiger partial charge in [-0.2, -0.15) is 0 Å². The topological polar surface area (TPSA) is 91.2 Å². The monoisotopic (exact) mass is 415 g/mol. The lowest BCUT2D eigenvalue weighted by Crippen LogP contribution is -2.24. The summed E-state index contributed by atoms with van der Waals surface area (Å²) in [7, 11) is 3.15. The molecule has 156 valence electrons. The Balaban J connectivity index is 1.63. The van der Waals surface area contributed by atoms with E-state index in [1.165, 1.54) is 0 Å². The molecule has 0 unspecified atom stereocenters.